The van der Waals surface area contributed by atoms with Gasteiger partial charge in [-0.2, -0.15) is 0 Å². The summed E-state index contributed by atoms with van der Waals surface area (Å²) in [6.07, 6.45) is 0. The lowest BCUT2D eigenvalue weighted by Crippen LogP contribution is -2.45. The van der Waals surface area contributed by atoms with Crippen LogP contribution in [-0.4, -0.2) is 36.0 Å². The Morgan fingerprint density at radius 1 is 1.32 bits per heavy atom. The molecule has 1 aromatic carbocycles. The zero-order valence-corrected chi connectivity index (χ0v) is 13.4. The fraction of sp³-hybridized carbons (Fsp3) is 0.333. The number of nitrogens with zero attached hydrogens (tertiary/aromatic N) is 2. The molecule has 3 rings (SSSR count). The maximum atomic E-state index is 11.1. The van der Waals surface area contributed by atoms with Crippen LogP contribution in [0.4, 0.5) is 5.69 Å². The smallest absolute Gasteiger partial charge is 0.269 e. The van der Waals surface area contributed by atoms with Gasteiger partial charge in [0, 0.05) is 48.2 Å². The average Bonchev–Trinajstić information content (AvgIpc) is 3.04. The lowest BCUT2D eigenvalue weighted by molar-refractivity contribution is -0.384. The normalized spacial score (nSPS) is 17.3. The Labute approximate surface area is 137 Å². The molecule has 0 bridgehead atoms. The van der Waals surface area contributed by atoms with Crippen LogP contribution in [0, 0.1) is 10.1 Å². The quantitative estimate of drug-likeness (QED) is 0.687. The largest absolute Gasteiger partial charge is 0.314 e. The average molecular weight is 338 g/mol. The van der Waals surface area contributed by atoms with E-state index < -0.39 is 0 Å². The number of hydrogen-bond donors (Lipinski definition) is 1. The first-order valence-corrected chi connectivity index (χ1v) is 8.34. The van der Waals surface area contributed by atoms with E-state index in [9.17, 15) is 10.1 Å². The van der Waals surface area contributed by atoms with Crippen LogP contribution in [-0.2, 0) is 0 Å². The first-order valence-electron chi connectivity index (χ1n) is 7.09. The minimum Gasteiger partial charge on any atom is -0.314 e. The van der Waals surface area contributed by atoms with Gasteiger partial charge in [-0.3, -0.25) is 15.0 Å². The van der Waals surface area contributed by atoms with Gasteiger partial charge in [-0.05, 0) is 23.1 Å². The molecule has 1 aliphatic heterocycles. The zero-order chi connectivity index (χ0) is 15.5. The van der Waals surface area contributed by atoms with E-state index in [0.717, 1.165) is 36.6 Å². The lowest BCUT2D eigenvalue weighted by atomic mass is 10.0. The van der Waals surface area contributed by atoms with E-state index in [4.69, 9.17) is 11.6 Å². The zero-order valence-electron chi connectivity index (χ0n) is 11.9. The Hall–Kier alpha value is -1.47. The Morgan fingerprint density at radius 2 is 2.09 bits per heavy atom. The highest BCUT2D eigenvalue weighted by atomic mass is 35.5. The summed E-state index contributed by atoms with van der Waals surface area (Å²) in [7, 11) is 0. The lowest BCUT2D eigenvalue weighted by Gasteiger charge is -2.35. The molecule has 0 unspecified atom stereocenters. The highest BCUT2D eigenvalue weighted by Crippen LogP contribution is 2.37. The molecule has 0 saturated carbocycles. The van der Waals surface area contributed by atoms with Crippen molar-refractivity contribution in [2.45, 2.75) is 6.04 Å². The molecule has 0 radical (unpaired) electrons. The van der Waals surface area contributed by atoms with Gasteiger partial charge in [0.05, 0.1) is 11.0 Å². The molecule has 1 aliphatic rings. The van der Waals surface area contributed by atoms with E-state index >= 15 is 0 Å². The monoisotopic (exact) mass is 337 g/mol. The molecule has 0 aliphatic carbocycles. The van der Waals surface area contributed by atoms with Crippen molar-refractivity contribution in [2.75, 3.05) is 26.2 Å². The van der Waals surface area contributed by atoms with Crippen molar-refractivity contribution in [2.24, 2.45) is 0 Å². The van der Waals surface area contributed by atoms with Crippen molar-refractivity contribution in [1.29, 1.82) is 0 Å². The summed E-state index contributed by atoms with van der Waals surface area (Å²) in [6, 6.07) is 8.71. The summed E-state index contributed by atoms with van der Waals surface area (Å²) >= 11 is 8.02. The van der Waals surface area contributed by atoms with E-state index in [1.54, 1.807) is 23.5 Å². The van der Waals surface area contributed by atoms with E-state index in [0.29, 0.717) is 5.02 Å². The second-order valence-electron chi connectivity index (χ2n) is 5.17. The molecule has 116 valence electrons. The summed E-state index contributed by atoms with van der Waals surface area (Å²) in [5.74, 6) is 0. The van der Waals surface area contributed by atoms with Gasteiger partial charge in [0.15, 0.2) is 0 Å². The molecule has 2 aromatic rings. The second kappa shape index (κ2) is 6.75. The summed E-state index contributed by atoms with van der Waals surface area (Å²) in [4.78, 5) is 14.2. The van der Waals surface area contributed by atoms with Gasteiger partial charge in [0.25, 0.3) is 5.69 Å². The number of nitro groups is 1. The highest BCUT2D eigenvalue weighted by Gasteiger charge is 2.27. The SMILES string of the molecule is O=[N+]([O-])c1ccc(Cl)c([C@H](c2cccs2)N2CCNCC2)c1. The minimum atomic E-state index is -0.372. The topological polar surface area (TPSA) is 58.4 Å². The molecule has 1 N–H and O–H groups in total. The van der Waals surface area contributed by atoms with Crippen molar-refractivity contribution >= 4 is 28.6 Å². The van der Waals surface area contributed by atoms with Crippen LogP contribution in [0.1, 0.15) is 16.5 Å². The van der Waals surface area contributed by atoms with Crippen molar-refractivity contribution in [3.63, 3.8) is 0 Å². The summed E-state index contributed by atoms with van der Waals surface area (Å²) in [6.45, 7) is 3.60. The van der Waals surface area contributed by atoms with Gasteiger partial charge in [0.2, 0.25) is 0 Å². The molecule has 22 heavy (non-hydrogen) atoms. The van der Waals surface area contributed by atoms with Gasteiger partial charge < -0.3 is 5.32 Å². The molecule has 1 saturated heterocycles. The van der Waals surface area contributed by atoms with Gasteiger partial charge in [-0.1, -0.05) is 17.7 Å². The number of piperazine rings is 1. The molecular formula is C15H16ClN3O2S. The Bertz CT molecular complexity index is 657. The minimum absolute atomic E-state index is 0.0329. The first kappa shape index (κ1) is 15.4. The van der Waals surface area contributed by atoms with E-state index in [-0.39, 0.29) is 16.7 Å². The Morgan fingerprint density at radius 3 is 2.73 bits per heavy atom. The third-order valence-corrected chi connectivity index (χ3v) is 5.08. The van der Waals surface area contributed by atoms with Crippen LogP contribution in [0.5, 0.6) is 0 Å². The van der Waals surface area contributed by atoms with Gasteiger partial charge >= 0.3 is 0 Å². The van der Waals surface area contributed by atoms with Crippen LogP contribution in [0.25, 0.3) is 0 Å². The van der Waals surface area contributed by atoms with E-state index in [1.807, 2.05) is 11.4 Å². The third kappa shape index (κ3) is 3.15. The van der Waals surface area contributed by atoms with Gasteiger partial charge in [-0.15, -0.1) is 11.3 Å². The van der Waals surface area contributed by atoms with Crippen molar-refractivity contribution in [3.05, 3.63) is 61.3 Å². The highest BCUT2D eigenvalue weighted by molar-refractivity contribution is 7.10. The first-order chi connectivity index (χ1) is 10.7. The fourth-order valence-corrected chi connectivity index (χ4v) is 3.87. The number of hydrogen-bond acceptors (Lipinski definition) is 5. The number of halogens is 1. The Balaban J connectivity index is 2.05. The van der Waals surface area contributed by atoms with E-state index in [1.165, 1.54) is 6.07 Å². The molecule has 7 heteroatoms. The predicted molar refractivity (Wildman–Crippen MR) is 88.7 cm³/mol. The maximum absolute atomic E-state index is 11.1. The number of non-ortho nitro benzene ring substituents is 1. The molecule has 0 spiro atoms. The van der Waals surface area contributed by atoms with Crippen LogP contribution < -0.4 is 5.32 Å². The van der Waals surface area contributed by atoms with Gasteiger partial charge in [0.1, 0.15) is 0 Å². The van der Waals surface area contributed by atoms with Crippen LogP contribution in [0.2, 0.25) is 5.02 Å². The molecular weight excluding hydrogens is 322 g/mol. The van der Waals surface area contributed by atoms with Crippen LogP contribution in [0.3, 0.4) is 0 Å². The standard InChI is InChI=1S/C15H16ClN3O2S/c16-13-4-3-11(19(20)21)10-12(13)15(14-2-1-9-22-14)18-7-5-17-6-8-18/h1-4,9-10,15,17H,5-8H2/t15-/m1/s1. The third-order valence-electron chi connectivity index (χ3n) is 3.81. The number of thiophene rings is 1. The van der Waals surface area contributed by atoms with Crippen LogP contribution in [0.15, 0.2) is 35.7 Å². The fourth-order valence-electron chi connectivity index (χ4n) is 2.77. The summed E-state index contributed by atoms with van der Waals surface area (Å²) in [5, 5.41) is 17.0. The predicted octanol–water partition coefficient (Wildman–Crippen LogP) is 3.30. The molecule has 1 fully saturated rings. The molecule has 1 atom stereocenters. The number of benzene rings is 1. The molecule has 1 aromatic heterocycles. The van der Waals surface area contributed by atoms with Crippen molar-refractivity contribution < 1.29 is 4.92 Å². The van der Waals surface area contributed by atoms with Gasteiger partial charge in [-0.25, -0.2) is 0 Å². The summed E-state index contributed by atoms with van der Waals surface area (Å²) < 4.78 is 0. The molecule has 5 nitrogen and oxygen atoms in total. The molecule has 0 amide bonds. The number of rotatable bonds is 4. The molecule has 2 heterocycles. The number of nitro benzene ring substituents is 1. The summed E-state index contributed by atoms with van der Waals surface area (Å²) in [5.41, 5.74) is 0.885. The van der Waals surface area contributed by atoms with Crippen molar-refractivity contribution in [3.8, 4) is 0 Å². The maximum Gasteiger partial charge on any atom is 0.269 e. The van der Waals surface area contributed by atoms with Crippen LogP contribution >= 0.6 is 22.9 Å². The van der Waals surface area contributed by atoms with E-state index in [2.05, 4.69) is 16.3 Å². The number of nitrogens with one attached hydrogen (secondary N) is 1. The van der Waals surface area contributed by atoms with Crippen molar-refractivity contribution in [1.82, 2.24) is 10.2 Å². The second-order valence-corrected chi connectivity index (χ2v) is 6.55. The Kier molecular flexibility index (Phi) is 4.73.